The van der Waals surface area contributed by atoms with E-state index in [0.29, 0.717) is 16.9 Å². The molecule has 1 aromatic heterocycles. The molecular formula is C19H15ClN4O5S. The third-order valence-corrected chi connectivity index (χ3v) is 6.46. The van der Waals surface area contributed by atoms with E-state index in [2.05, 4.69) is 10.4 Å². The number of hydrogen-bond acceptors (Lipinski definition) is 6. The zero-order chi connectivity index (χ0) is 21.6. The van der Waals surface area contributed by atoms with Crippen molar-refractivity contribution in [3.05, 3.63) is 80.0 Å². The third-order valence-electron chi connectivity index (χ3n) is 4.70. The van der Waals surface area contributed by atoms with Crippen molar-refractivity contribution in [3.63, 3.8) is 0 Å². The van der Waals surface area contributed by atoms with Crippen molar-refractivity contribution in [2.45, 2.75) is 18.4 Å². The molecule has 9 nitrogen and oxygen atoms in total. The number of hydrogen-bond donors (Lipinski definition) is 1. The fraction of sp³-hybridized carbons (Fsp3) is 0.158. The highest BCUT2D eigenvalue weighted by molar-refractivity contribution is 7.90. The average Bonchev–Trinajstić information content (AvgIpc) is 3.15. The van der Waals surface area contributed by atoms with E-state index in [4.69, 9.17) is 11.6 Å². The topological polar surface area (TPSA) is 124 Å². The van der Waals surface area contributed by atoms with Gasteiger partial charge in [-0.25, -0.2) is 13.1 Å². The molecule has 0 radical (unpaired) electrons. The first-order chi connectivity index (χ1) is 14.1. The number of fused-ring (bicyclic) bond motifs is 1. The molecule has 0 unspecified atom stereocenters. The fourth-order valence-corrected chi connectivity index (χ4v) is 4.90. The predicted molar refractivity (Wildman–Crippen MR) is 111 cm³/mol. The van der Waals surface area contributed by atoms with Gasteiger partial charge in [0, 0.05) is 17.2 Å². The van der Waals surface area contributed by atoms with Crippen LogP contribution in [-0.2, 0) is 21.3 Å². The Morgan fingerprint density at radius 2 is 1.90 bits per heavy atom. The lowest BCUT2D eigenvalue weighted by Crippen LogP contribution is -2.17. The summed E-state index contributed by atoms with van der Waals surface area (Å²) < 4.78 is 25.6. The van der Waals surface area contributed by atoms with E-state index < -0.39 is 26.4 Å². The van der Waals surface area contributed by atoms with Gasteiger partial charge < -0.3 is 5.32 Å². The number of carbonyl (C=O) groups is 1. The highest BCUT2D eigenvalue weighted by Crippen LogP contribution is 2.33. The van der Waals surface area contributed by atoms with Crippen molar-refractivity contribution in [3.8, 4) is 5.69 Å². The smallest absolute Gasteiger partial charge is 0.288 e. The first-order valence-corrected chi connectivity index (χ1v) is 11.0. The lowest BCUT2D eigenvalue weighted by atomic mass is 10.2. The molecule has 0 fully saturated rings. The van der Waals surface area contributed by atoms with Crippen LogP contribution in [0.3, 0.4) is 0 Å². The number of aromatic nitrogens is 2. The number of carbonyl (C=O) groups excluding carboxylic acids is 1. The maximum absolute atomic E-state index is 12.8. The SMILES string of the molecule is Cc1ccc(-n2nc3c(c2NC(=O)c2ccc(Cl)c([N+](=O)[O-])c2)CS(=O)(=O)C3)cc1. The number of nitrogens with zero attached hydrogens (tertiary/aromatic N) is 3. The molecule has 30 heavy (non-hydrogen) atoms. The van der Waals surface area contributed by atoms with Gasteiger partial charge in [0.1, 0.15) is 10.8 Å². The monoisotopic (exact) mass is 446 g/mol. The largest absolute Gasteiger partial charge is 0.306 e. The standard InChI is InChI=1S/C19H15ClN4O5S/c1-11-2-5-13(6-3-11)23-18(14-9-30(28,29)10-16(14)22-23)21-19(25)12-4-7-15(20)17(8-12)24(26)27/h2-8H,9-10H2,1H3,(H,21,25). The van der Waals surface area contributed by atoms with Crippen LogP contribution in [0.1, 0.15) is 27.2 Å². The second-order valence-corrected chi connectivity index (χ2v) is 9.40. The van der Waals surface area contributed by atoms with E-state index in [-0.39, 0.29) is 27.9 Å². The van der Waals surface area contributed by atoms with Gasteiger partial charge in [-0.15, -0.1) is 0 Å². The zero-order valence-electron chi connectivity index (χ0n) is 15.6. The van der Waals surface area contributed by atoms with Gasteiger partial charge in [-0.05, 0) is 31.2 Å². The molecule has 0 aliphatic carbocycles. The van der Waals surface area contributed by atoms with Crippen molar-refractivity contribution in [1.82, 2.24) is 9.78 Å². The Morgan fingerprint density at radius 1 is 1.20 bits per heavy atom. The Morgan fingerprint density at radius 3 is 2.57 bits per heavy atom. The van der Waals surface area contributed by atoms with Crippen LogP contribution >= 0.6 is 11.6 Å². The minimum atomic E-state index is -3.35. The van der Waals surface area contributed by atoms with Crippen LogP contribution in [0.4, 0.5) is 11.5 Å². The van der Waals surface area contributed by atoms with Crippen molar-refractivity contribution < 1.29 is 18.1 Å². The second kappa shape index (κ2) is 7.22. The number of aryl methyl sites for hydroxylation is 1. The van der Waals surface area contributed by atoms with Gasteiger partial charge in [-0.2, -0.15) is 5.10 Å². The number of rotatable bonds is 4. The van der Waals surface area contributed by atoms with Gasteiger partial charge in [0.25, 0.3) is 11.6 Å². The lowest BCUT2D eigenvalue weighted by Gasteiger charge is -2.11. The van der Waals surface area contributed by atoms with Gasteiger partial charge in [-0.3, -0.25) is 14.9 Å². The van der Waals surface area contributed by atoms with E-state index in [1.807, 2.05) is 19.1 Å². The zero-order valence-corrected chi connectivity index (χ0v) is 17.2. The third kappa shape index (κ3) is 3.66. The van der Waals surface area contributed by atoms with Crippen molar-refractivity contribution in [2.24, 2.45) is 0 Å². The van der Waals surface area contributed by atoms with Crippen LogP contribution in [0.25, 0.3) is 5.69 Å². The molecule has 1 aliphatic rings. The van der Waals surface area contributed by atoms with Gasteiger partial charge in [-0.1, -0.05) is 29.3 Å². The Labute approximate surface area is 176 Å². The number of sulfone groups is 1. The average molecular weight is 447 g/mol. The quantitative estimate of drug-likeness (QED) is 0.483. The molecule has 1 amide bonds. The Balaban J connectivity index is 1.77. The Kier molecular flexibility index (Phi) is 4.83. The maximum atomic E-state index is 12.8. The highest BCUT2D eigenvalue weighted by atomic mass is 35.5. The summed E-state index contributed by atoms with van der Waals surface area (Å²) in [5, 5.41) is 18.1. The van der Waals surface area contributed by atoms with Gasteiger partial charge in [0.15, 0.2) is 9.84 Å². The number of halogens is 1. The van der Waals surface area contributed by atoms with Gasteiger partial charge >= 0.3 is 0 Å². The molecule has 0 saturated carbocycles. The summed E-state index contributed by atoms with van der Waals surface area (Å²) in [7, 11) is -3.35. The highest BCUT2D eigenvalue weighted by Gasteiger charge is 2.33. The summed E-state index contributed by atoms with van der Waals surface area (Å²) >= 11 is 5.81. The van der Waals surface area contributed by atoms with E-state index in [1.165, 1.54) is 16.8 Å². The maximum Gasteiger partial charge on any atom is 0.288 e. The summed E-state index contributed by atoms with van der Waals surface area (Å²) in [5.74, 6) is -0.881. The summed E-state index contributed by atoms with van der Waals surface area (Å²) in [6.45, 7) is 1.93. The molecule has 2 aromatic carbocycles. The second-order valence-electron chi connectivity index (χ2n) is 6.93. The van der Waals surface area contributed by atoms with Crippen LogP contribution < -0.4 is 5.32 Å². The number of nitro groups is 1. The van der Waals surface area contributed by atoms with Crippen molar-refractivity contribution in [2.75, 3.05) is 5.32 Å². The molecule has 0 spiro atoms. The van der Waals surface area contributed by atoms with Crippen molar-refractivity contribution >= 4 is 38.9 Å². The molecular weight excluding hydrogens is 432 g/mol. The van der Waals surface area contributed by atoms with E-state index in [9.17, 15) is 23.3 Å². The minimum absolute atomic E-state index is 0.0114. The summed E-state index contributed by atoms with van der Waals surface area (Å²) in [4.78, 5) is 23.3. The molecule has 0 atom stereocenters. The number of anilines is 1. The van der Waals surface area contributed by atoms with Crippen LogP contribution in [0.2, 0.25) is 5.02 Å². The minimum Gasteiger partial charge on any atom is -0.306 e. The van der Waals surface area contributed by atoms with E-state index in [1.54, 1.807) is 12.1 Å². The number of benzene rings is 2. The summed E-state index contributed by atoms with van der Waals surface area (Å²) in [6.07, 6.45) is 0. The first-order valence-electron chi connectivity index (χ1n) is 8.78. The lowest BCUT2D eigenvalue weighted by molar-refractivity contribution is -0.384. The molecule has 1 N–H and O–H groups in total. The predicted octanol–water partition coefficient (Wildman–Crippen LogP) is 3.42. The summed E-state index contributed by atoms with van der Waals surface area (Å²) in [5.41, 5.74) is 2.06. The summed E-state index contributed by atoms with van der Waals surface area (Å²) in [6, 6.07) is 11.0. The normalized spacial score (nSPS) is 14.3. The number of nitro benzene ring substituents is 1. The van der Waals surface area contributed by atoms with E-state index in [0.717, 1.165) is 11.6 Å². The van der Waals surface area contributed by atoms with Crippen LogP contribution in [0.15, 0.2) is 42.5 Å². The van der Waals surface area contributed by atoms with E-state index >= 15 is 0 Å². The Hall–Kier alpha value is -3.24. The van der Waals surface area contributed by atoms with Gasteiger partial charge in [0.05, 0.1) is 27.8 Å². The molecule has 4 rings (SSSR count). The molecule has 1 aliphatic heterocycles. The molecule has 3 aromatic rings. The Bertz CT molecular complexity index is 1300. The van der Waals surface area contributed by atoms with Gasteiger partial charge in [0.2, 0.25) is 0 Å². The molecule has 0 saturated heterocycles. The molecule has 0 bridgehead atoms. The molecule has 11 heteroatoms. The first kappa shape index (κ1) is 20.0. The fourth-order valence-electron chi connectivity index (χ4n) is 3.22. The van der Waals surface area contributed by atoms with Crippen LogP contribution in [0, 0.1) is 17.0 Å². The molecule has 2 heterocycles. The van der Waals surface area contributed by atoms with Crippen LogP contribution in [0.5, 0.6) is 0 Å². The van der Waals surface area contributed by atoms with Crippen LogP contribution in [-0.4, -0.2) is 29.0 Å². The number of amides is 1. The number of nitrogens with one attached hydrogen (secondary N) is 1. The molecule has 154 valence electrons. The van der Waals surface area contributed by atoms with Crippen molar-refractivity contribution in [1.29, 1.82) is 0 Å².